The number of carbonyl (C=O) groups is 1. The SMILES string of the molecule is O=C(NC(=S)Nc1ccc([N+](=O)[O-])cc1O)C(c1ccccc1)c1ccccc1. The van der Waals surface area contributed by atoms with Gasteiger partial charge in [-0.15, -0.1) is 0 Å². The van der Waals surface area contributed by atoms with Crippen LogP contribution in [0.3, 0.4) is 0 Å². The van der Waals surface area contributed by atoms with Crippen molar-refractivity contribution in [1.82, 2.24) is 5.32 Å². The second-order valence-corrected chi connectivity index (χ2v) is 6.56. The lowest BCUT2D eigenvalue weighted by Crippen LogP contribution is -2.37. The van der Waals surface area contributed by atoms with Gasteiger partial charge < -0.3 is 15.7 Å². The number of thiocarbonyl (C=S) groups is 1. The Morgan fingerprint density at radius 3 is 2.00 bits per heavy atom. The van der Waals surface area contributed by atoms with Crippen molar-refractivity contribution in [3.05, 3.63) is 100 Å². The second-order valence-electron chi connectivity index (χ2n) is 6.16. The van der Waals surface area contributed by atoms with Crippen LogP contribution in [0.2, 0.25) is 0 Å². The lowest BCUT2D eigenvalue weighted by atomic mass is 9.90. The summed E-state index contributed by atoms with van der Waals surface area (Å²) in [4.78, 5) is 23.1. The van der Waals surface area contributed by atoms with Crippen molar-refractivity contribution in [3.63, 3.8) is 0 Å². The smallest absolute Gasteiger partial charge is 0.273 e. The molecule has 0 aliphatic rings. The molecule has 0 saturated carbocycles. The summed E-state index contributed by atoms with van der Waals surface area (Å²) in [6.45, 7) is 0. The summed E-state index contributed by atoms with van der Waals surface area (Å²) in [5, 5.41) is 26.0. The summed E-state index contributed by atoms with van der Waals surface area (Å²) in [7, 11) is 0. The zero-order valence-electron chi connectivity index (χ0n) is 15.1. The maximum atomic E-state index is 13.0. The minimum Gasteiger partial charge on any atom is -0.506 e. The van der Waals surface area contributed by atoms with Crippen LogP contribution in [0.5, 0.6) is 5.75 Å². The first-order valence-electron chi connectivity index (χ1n) is 8.65. The average molecular weight is 407 g/mol. The molecule has 0 saturated heterocycles. The molecule has 0 spiro atoms. The fourth-order valence-corrected chi connectivity index (χ4v) is 3.07. The Bertz CT molecular complexity index is 1000. The van der Waals surface area contributed by atoms with Crippen LogP contribution < -0.4 is 10.6 Å². The van der Waals surface area contributed by atoms with Gasteiger partial charge in [-0.3, -0.25) is 14.9 Å². The van der Waals surface area contributed by atoms with Gasteiger partial charge in [-0.1, -0.05) is 60.7 Å². The molecule has 0 aromatic heterocycles. The second kappa shape index (κ2) is 8.94. The van der Waals surface area contributed by atoms with E-state index in [1.54, 1.807) is 0 Å². The van der Waals surface area contributed by atoms with Gasteiger partial charge in [0, 0.05) is 6.07 Å². The predicted octanol–water partition coefficient (Wildman–Crippen LogP) is 3.95. The Hall–Kier alpha value is -3.78. The van der Waals surface area contributed by atoms with Crippen molar-refractivity contribution < 1.29 is 14.8 Å². The normalized spacial score (nSPS) is 10.4. The molecule has 146 valence electrons. The molecule has 0 atom stereocenters. The van der Waals surface area contributed by atoms with E-state index in [0.717, 1.165) is 17.2 Å². The van der Waals surface area contributed by atoms with Crippen molar-refractivity contribution in [2.75, 3.05) is 5.32 Å². The lowest BCUT2D eigenvalue weighted by Gasteiger charge is -2.19. The fourth-order valence-electron chi connectivity index (χ4n) is 2.86. The molecule has 0 fully saturated rings. The third-order valence-corrected chi connectivity index (χ3v) is 4.41. The van der Waals surface area contributed by atoms with E-state index in [-0.39, 0.29) is 28.1 Å². The number of nitrogens with one attached hydrogen (secondary N) is 2. The number of nitrogens with zero attached hydrogens (tertiary/aromatic N) is 1. The summed E-state index contributed by atoms with van der Waals surface area (Å²) in [5.74, 6) is -1.28. The van der Waals surface area contributed by atoms with Gasteiger partial charge in [0.05, 0.1) is 22.6 Å². The van der Waals surface area contributed by atoms with Crippen LogP contribution in [0.15, 0.2) is 78.9 Å². The van der Waals surface area contributed by atoms with Crippen molar-refractivity contribution in [2.45, 2.75) is 5.92 Å². The van der Waals surface area contributed by atoms with Crippen LogP contribution in [0, 0.1) is 10.1 Å². The molecule has 0 unspecified atom stereocenters. The Labute approximate surface area is 172 Å². The molecule has 3 aromatic rings. The lowest BCUT2D eigenvalue weighted by molar-refractivity contribution is -0.384. The number of rotatable bonds is 5. The number of anilines is 1. The van der Waals surface area contributed by atoms with Crippen molar-refractivity contribution in [2.24, 2.45) is 0 Å². The topological polar surface area (TPSA) is 104 Å². The predicted molar refractivity (Wildman–Crippen MR) is 114 cm³/mol. The molecule has 0 aliphatic carbocycles. The molecule has 0 heterocycles. The summed E-state index contributed by atoms with van der Waals surface area (Å²) in [6, 6.07) is 22.1. The zero-order chi connectivity index (χ0) is 20.8. The van der Waals surface area contributed by atoms with Gasteiger partial charge in [0.15, 0.2) is 5.11 Å². The molecule has 0 aliphatic heterocycles. The van der Waals surface area contributed by atoms with E-state index in [9.17, 15) is 20.0 Å². The first kappa shape index (κ1) is 20.0. The van der Waals surface area contributed by atoms with Crippen LogP contribution in [0.4, 0.5) is 11.4 Å². The molecule has 3 aromatic carbocycles. The van der Waals surface area contributed by atoms with Gasteiger partial charge in [-0.05, 0) is 29.4 Å². The first-order chi connectivity index (χ1) is 14.0. The summed E-state index contributed by atoms with van der Waals surface area (Å²) in [5.41, 5.74) is 1.50. The number of non-ortho nitro benzene ring substituents is 1. The minimum absolute atomic E-state index is 0.0315. The van der Waals surface area contributed by atoms with Crippen molar-refractivity contribution in [3.8, 4) is 5.75 Å². The number of hydrogen-bond acceptors (Lipinski definition) is 5. The molecule has 8 heteroatoms. The largest absolute Gasteiger partial charge is 0.506 e. The van der Waals surface area contributed by atoms with Gasteiger partial charge in [0.1, 0.15) is 5.75 Å². The quantitative estimate of drug-likeness (QED) is 0.256. The summed E-state index contributed by atoms with van der Waals surface area (Å²) < 4.78 is 0. The van der Waals surface area contributed by atoms with Crippen LogP contribution in [-0.2, 0) is 4.79 Å². The monoisotopic (exact) mass is 407 g/mol. The van der Waals surface area contributed by atoms with Crippen LogP contribution in [-0.4, -0.2) is 21.0 Å². The number of carbonyl (C=O) groups excluding carboxylic acids is 1. The molecule has 3 rings (SSSR count). The Morgan fingerprint density at radius 2 is 1.52 bits per heavy atom. The van der Waals surface area contributed by atoms with Crippen LogP contribution >= 0.6 is 12.2 Å². The molecule has 29 heavy (non-hydrogen) atoms. The van der Waals surface area contributed by atoms with Crippen molar-refractivity contribution >= 4 is 34.6 Å². The highest BCUT2D eigenvalue weighted by atomic mass is 32.1. The Balaban J connectivity index is 1.78. The first-order valence-corrected chi connectivity index (χ1v) is 9.05. The highest BCUT2D eigenvalue weighted by molar-refractivity contribution is 7.80. The number of aromatic hydroxyl groups is 1. The van der Waals surface area contributed by atoms with Crippen LogP contribution in [0.25, 0.3) is 0 Å². The molecular formula is C21H17N3O4S. The maximum absolute atomic E-state index is 13.0. The van der Waals surface area contributed by atoms with Gasteiger partial charge in [0.2, 0.25) is 5.91 Å². The van der Waals surface area contributed by atoms with E-state index < -0.39 is 10.8 Å². The molecular weight excluding hydrogens is 390 g/mol. The van der Waals surface area contributed by atoms with E-state index >= 15 is 0 Å². The van der Waals surface area contributed by atoms with E-state index in [2.05, 4.69) is 10.6 Å². The standard InChI is InChI=1S/C21H17N3O4S/c25-18-13-16(24(27)28)11-12-17(18)22-21(29)23-20(26)19(14-7-3-1-4-8-14)15-9-5-2-6-10-15/h1-13,19,25H,(H2,22,23,26,29). The fraction of sp³-hybridized carbons (Fsp3) is 0.0476. The third kappa shape index (κ3) is 4.94. The highest BCUT2D eigenvalue weighted by Gasteiger charge is 2.23. The zero-order valence-corrected chi connectivity index (χ0v) is 15.9. The average Bonchev–Trinajstić information content (AvgIpc) is 2.71. The van der Waals surface area contributed by atoms with E-state index in [0.29, 0.717) is 0 Å². The molecule has 0 bridgehead atoms. The number of hydrogen-bond donors (Lipinski definition) is 3. The Morgan fingerprint density at radius 1 is 0.966 bits per heavy atom. The third-order valence-electron chi connectivity index (χ3n) is 4.21. The number of phenols is 1. The van der Waals surface area contributed by atoms with Gasteiger partial charge in [-0.25, -0.2) is 0 Å². The highest BCUT2D eigenvalue weighted by Crippen LogP contribution is 2.28. The summed E-state index contributed by atoms with van der Waals surface area (Å²) >= 11 is 5.19. The maximum Gasteiger partial charge on any atom is 0.273 e. The van der Waals surface area contributed by atoms with E-state index in [1.165, 1.54) is 12.1 Å². The number of amides is 1. The van der Waals surface area contributed by atoms with Gasteiger partial charge in [-0.2, -0.15) is 0 Å². The van der Waals surface area contributed by atoms with Crippen LogP contribution in [0.1, 0.15) is 17.0 Å². The minimum atomic E-state index is -0.617. The van der Waals surface area contributed by atoms with E-state index in [4.69, 9.17) is 12.2 Å². The van der Waals surface area contributed by atoms with Gasteiger partial charge >= 0.3 is 0 Å². The molecule has 3 N–H and O–H groups in total. The molecule has 7 nitrogen and oxygen atoms in total. The van der Waals surface area contributed by atoms with E-state index in [1.807, 2.05) is 60.7 Å². The van der Waals surface area contributed by atoms with Crippen molar-refractivity contribution in [1.29, 1.82) is 0 Å². The number of phenolic OH excluding ortho intramolecular Hbond substituents is 1. The Kier molecular flexibility index (Phi) is 6.16. The van der Waals surface area contributed by atoms with Gasteiger partial charge in [0.25, 0.3) is 5.69 Å². The number of benzene rings is 3. The number of nitro benzene ring substituents is 1. The molecule has 0 radical (unpaired) electrons. The summed E-state index contributed by atoms with van der Waals surface area (Å²) in [6.07, 6.45) is 0. The molecule has 1 amide bonds. The number of nitro groups is 1.